The van der Waals surface area contributed by atoms with Crippen molar-refractivity contribution in [2.75, 3.05) is 13.2 Å². The van der Waals surface area contributed by atoms with Crippen LogP contribution in [0.5, 0.6) is 5.75 Å². The SMILES string of the molecule is Fc1ccc(CNC(=S)NCCCCOc2ccccc2)cc1. The summed E-state index contributed by atoms with van der Waals surface area (Å²) in [7, 11) is 0. The van der Waals surface area contributed by atoms with Crippen LogP contribution >= 0.6 is 12.2 Å². The molecule has 2 aromatic carbocycles. The van der Waals surface area contributed by atoms with Crippen molar-refractivity contribution in [3.63, 3.8) is 0 Å². The molecule has 2 rings (SSSR count). The molecule has 0 aliphatic carbocycles. The Hall–Kier alpha value is -2.14. The molecule has 2 N–H and O–H groups in total. The molecule has 0 amide bonds. The van der Waals surface area contributed by atoms with Gasteiger partial charge in [0.15, 0.2) is 5.11 Å². The van der Waals surface area contributed by atoms with Gasteiger partial charge in [0.2, 0.25) is 0 Å². The molecule has 3 nitrogen and oxygen atoms in total. The van der Waals surface area contributed by atoms with Gasteiger partial charge in [-0.05, 0) is 54.9 Å². The summed E-state index contributed by atoms with van der Waals surface area (Å²) in [6.45, 7) is 2.08. The van der Waals surface area contributed by atoms with Crippen molar-refractivity contribution in [2.45, 2.75) is 19.4 Å². The van der Waals surface area contributed by atoms with Crippen molar-refractivity contribution in [3.05, 3.63) is 66.0 Å². The van der Waals surface area contributed by atoms with Gasteiger partial charge >= 0.3 is 0 Å². The minimum atomic E-state index is -0.229. The van der Waals surface area contributed by atoms with Gasteiger partial charge in [0.05, 0.1) is 6.61 Å². The molecule has 0 radical (unpaired) electrons. The minimum Gasteiger partial charge on any atom is -0.494 e. The van der Waals surface area contributed by atoms with Gasteiger partial charge in [0.25, 0.3) is 0 Å². The molecule has 0 bridgehead atoms. The van der Waals surface area contributed by atoms with E-state index in [1.54, 1.807) is 12.1 Å². The first-order valence-corrected chi connectivity index (χ1v) is 8.09. The highest BCUT2D eigenvalue weighted by Crippen LogP contribution is 2.08. The largest absolute Gasteiger partial charge is 0.494 e. The van der Waals surface area contributed by atoms with Crippen LogP contribution in [0.2, 0.25) is 0 Å². The highest BCUT2D eigenvalue weighted by atomic mass is 32.1. The number of unbranched alkanes of at least 4 members (excludes halogenated alkanes) is 1. The van der Waals surface area contributed by atoms with E-state index in [0.717, 1.165) is 30.7 Å². The predicted octanol–water partition coefficient (Wildman–Crippen LogP) is 3.65. The maximum atomic E-state index is 12.8. The number of ether oxygens (including phenoxy) is 1. The van der Waals surface area contributed by atoms with E-state index in [-0.39, 0.29) is 5.82 Å². The summed E-state index contributed by atoms with van der Waals surface area (Å²) in [5, 5.41) is 6.86. The van der Waals surface area contributed by atoms with Gasteiger partial charge in [0, 0.05) is 13.1 Å². The Kier molecular flexibility index (Phi) is 7.33. The third-order valence-corrected chi connectivity index (χ3v) is 3.52. The lowest BCUT2D eigenvalue weighted by atomic mass is 10.2. The normalized spacial score (nSPS) is 10.1. The van der Waals surface area contributed by atoms with E-state index in [1.165, 1.54) is 12.1 Å². The zero-order chi connectivity index (χ0) is 16.3. The number of thiocarbonyl (C=S) groups is 1. The highest BCUT2D eigenvalue weighted by Gasteiger charge is 1.98. The van der Waals surface area contributed by atoms with Crippen LogP contribution in [0, 0.1) is 5.82 Å². The Balaban J connectivity index is 1.50. The first-order chi connectivity index (χ1) is 11.2. The monoisotopic (exact) mass is 332 g/mol. The summed E-state index contributed by atoms with van der Waals surface area (Å²) in [6.07, 6.45) is 1.94. The summed E-state index contributed by atoms with van der Waals surface area (Å²) in [6, 6.07) is 16.2. The van der Waals surface area contributed by atoms with Crippen molar-refractivity contribution >= 4 is 17.3 Å². The first kappa shape index (κ1) is 17.2. The third kappa shape index (κ3) is 7.10. The molecule has 0 atom stereocenters. The molecule has 0 saturated heterocycles. The van der Waals surface area contributed by atoms with Crippen LogP contribution in [0.3, 0.4) is 0 Å². The molecular weight excluding hydrogens is 311 g/mol. The fraction of sp³-hybridized carbons (Fsp3) is 0.278. The van der Waals surface area contributed by atoms with E-state index in [9.17, 15) is 4.39 Å². The zero-order valence-corrected chi connectivity index (χ0v) is 13.7. The van der Waals surface area contributed by atoms with Crippen LogP contribution in [-0.4, -0.2) is 18.3 Å². The standard InChI is InChI=1S/C18H21FN2OS/c19-16-10-8-15(9-11-16)14-21-18(23)20-12-4-5-13-22-17-6-2-1-3-7-17/h1-3,6-11H,4-5,12-14H2,(H2,20,21,23). The predicted molar refractivity (Wildman–Crippen MR) is 95.0 cm³/mol. The maximum absolute atomic E-state index is 12.8. The van der Waals surface area contributed by atoms with Crippen LogP contribution < -0.4 is 15.4 Å². The third-order valence-electron chi connectivity index (χ3n) is 3.23. The molecule has 23 heavy (non-hydrogen) atoms. The van der Waals surface area contributed by atoms with Gasteiger partial charge < -0.3 is 15.4 Å². The molecule has 2 aromatic rings. The van der Waals surface area contributed by atoms with E-state index < -0.39 is 0 Å². The molecule has 0 aliphatic heterocycles. The molecule has 0 aliphatic rings. The number of rotatable bonds is 8. The summed E-state index contributed by atoms with van der Waals surface area (Å²) in [5.41, 5.74) is 0.992. The van der Waals surface area contributed by atoms with Crippen molar-refractivity contribution in [2.24, 2.45) is 0 Å². The molecule has 122 valence electrons. The Labute approximate surface area is 141 Å². The van der Waals surface area contributed by atoms with Gasteiger partial charge in [-0.25, -0.2) is 4.39 Å². The van der Waals surface area contributed by atoms with E-state index in [1.807, 2.05) is 30.3 Å². The number of nitrogens with one attached hydrogen (secondary N) is 2. The van der Waals surface area contributed by atoms with E-state index in [4.69, 9.17) is 17.0 Å². The lowest BCUT2D eigenvalue weighted by Crippen LogP contribution is -2.35. The molecule has 0 aromatic heterocycles. The summed E-state index contributed by atoms with van der Waals surface area (Å²) in [5.74, 6) is 0.670. The lowest BCUT2D eigenvalue weighted by Gasteiger charge is -2.11. The van der Waals surface area contributed by atoms with Crippen LogP contribution in [0.4, 0.5) is 4.39 Å². The fourth-order valence-corrected chi connectivity index (χ4v) is 2.16. The smallest absolute Gasteiger partial charge is 0.166 e. The quantitative estimate of drug-likeness (QED) is 0.571. The van der Waals surface area contributed by atoms with Gasteiger partial charge in [-0.2, -0.15) is 0 Å². The maximum Gasteiger partial charge on any atom is 0.166 e. The first-order valence-electron chi connectivity index (χ1n) is 7.68. The Morgan fingerprint density at radius 1 is 0.957 bits per heavy atom. The number of hydrogen-bond donors (Lipinski definition) is 2. The van der Waals surface area contributed by atoms with Crippen LogP contribution in [0.25, 0.3) is 0 Å². The molecule has 5 heteroatoms. The molecule has 0 heterocycles. The van der Waals surface area contributed by atoms with Gasteiger partial charge in [-0.3, -0.25) is 0 Å². The number of halogens is 1. The molecule has 0 spiro atoms. The second-order valence-electron chi connectivity index (χ2n) is 5.10. The van der Waals surface area contributed by atoms with E-state index in [2.05, 4.69) is 10.6 Å². The molecule has 0 fully saturated rings. The van der Waals surface area contributed by atoms with Crippen LogP contribution in [0.1, 0.15) is 18.4 Å². The Morgan fingerprint density at radius 2 is 1.70 bits per heavy atom. The average molecular weight is 332 g/mol. The van der Waals surface area contributed by atoms with Gasteiger partial charge in [0.1, 0.15) is 11.6 Å². The van der Waals surface area contributed by atoms with Gasteiger partial charge in [-0.15, -0.1) is 0 Å². The molecular formula is C18H21FN2OS. The number of para-hydroxylation sites is 1. The Morgan fingerprint density at radius 3 is 2.43 bits per heavy atom. The molecule has 0 saturated carbocycles. The Bertz CT molecular complexity index is 590. The topological polar surface area (TPSA) is 33.3 Å². The summed E-state index contributed by atoms with van der Waals surface area (Å²) in [4.78, 5) is 0. The minimum absolute atomic E-state index is 0.229. The van der Waals surface area contributed by atoms with Crippen molar-refractivity contribution in [3.8, 4) is 5.75 Å². The summed E-state index contributed by atoms with van der Waals surface area (Å²) < 4.78 is 18.4. The summed E-state index contributed by atoms with van der Waals surface area (Å²) >= 11 is 5.21. The molecule has 0 unspecified atom stereocenters. The second-order valence-corrected chi connectivity index (χ2v) is 5.51. The average Bonchev–Trinajstić information content (AvgIpc) is 2.58. The number of benzene rings is 2. The van der Waals surface area contributed by atoms with Crippen molar-refractivity contribution < 1.29 is 9.13 Å². The lowest BCUT2D eigenvalue weighted by molar-refractivity contribution is 0.307. The number of hydrogen-bond acceptors (Lipinski definition) is 2. The van der Waals surface area contributed by atoms with Crippen LogP contribution in [-0.2, 0) is 6.54 Å². The van der Waals surface area contributed by atoms with Crippen LogP contribution in [0.15, 0.2) is 54.6 Å². The van der Waals surface area contributed by atoms with Crippen molar-refractivity contribution in [1.29, 1.82) is 0 Å². The fourth-order valence-electron chi connectivity index (χ4n) is 1.98. The zero-order valence-electron chi connectivity index (χ0n) is 12.9. The van der Waals surface area contributed by atoms with Gasteiger partial charge in [-0.1, -0.05) is 30.3 Å². The van der Waals surface area contributed by atoms with E-state index >= 15 is 0 Å². The van der Waals surface area contributed by atoms with Crippen molar-refractivity contribution in [1.82, 2.24) is 10.6 Å². The second kappa shape index (κ2) is 9.79. The highest BCUT2D eigenvalue weighted by molar-refractivity contribution is 7.80. The van der Waals surface area contributed by atoms with E-state index in [0.29, 0.717) is 18.3 Å².